The molecule has 0 aromatic rings. The molecule has 1 saturated carbocycles. The summed E-state index contributed by atoms with van der Waals surface area (Å²) in [6, 6.07) is 1.48. The lowest BCUT2D eigenvalue weighted by atomic mass is 9.66. The lowest BCUT2D eigenvalue weighted by molar-refractivity contribution is 0.00467. The molecular weight excluding hydrogens is 220 g/mol. The average Bonchev–Trinajstić information content (AvgIpc) is 2.33. The summed E-state index contributed by atoms with van der Waals surface area (Å²) in [5.41, 5.74) is 0.680. The summed E-state index contributed by atoms with van der Waals surface area (Å²) in [7, 11) is 0. The van der Waals surface area contributed by atoms with Crippen molar-refractivity contribution >= 4 is 0 Å². The van der Waals surface area contributed by atoms with Gasteiger partial charge in [-0.2, -0.15) is 0 Å². The maximum atomic E-state index is 3.66. The number of nitrogens with zero attached hydrogens (tertiary/aromatic N) is 1. The lowest BCUT2D eigenvalue weighted by Gasteiger charge is -2.50. The molecule has 2 fully saturated rings. The van der Waals surface area contributed by atoms with Crippen LogP contribution >= 0.6 is 0 Å². The highest BCUT2D eigenvalue weighted by atomic mass is 15.2. The number of rotatable bonds is 5. The van der Waals surface area contributed by atoms with Crippen LogP contribution < -0.4 is 5.32 Å². The lowest BCUT2D eigenvalue weighted by Crippen LogP contribution is -2.56. The molecule has 1 aliphatic carbocycles. The molecule has 0 aromatic carbocycles. The maximum Gasteiger partial charge on any atom is 0.0120 e. The fourth-order valence-corrected chi connectivity index (χ4v) is 3.94. The molecule has 3 atom stereocenters. The van der Waals surface area contributed by atoms with Crippen molar-refractivity contribution in [3.05, 3.63) is 0 Å². The Hall–Kier alpha value is -0.0800. The Balaban J connectivity index is 1.91. The van der Waals surface area contributed by atoms with Gasteiger partial charge in [0.2, 0.25) is 0 Å². The summed E-state index contributed by atoms with van der Waals surface area (Å²) in [5, 5.41) is 3.66. The van der Waals surface area contributed by atoms with E-state index in [2.05, 4.69) is 37.9 Å². The quantitative estimate of drug-likeness (QED) is 0.808. The molecule has 2 aliphatic rings. The van der Waals surface area contributed by atoms with E-state index in [0.717, 1.165) is 24.5 Å². The van der Waals surface area contributed by atoms with Crippen LogP contribution in [0.25, 0.3) is 0 Å². The summed E-state index contributed by atoms with van der Waals surface area (Å²) in [5.74, 6) is 0.785. The zero-order chi connectivity index (χ0) is 13.2. The summed E-state index contributed by atoms with van der Waals surface area (Å²) in [4.78, 5) is 2.78. The molecular formula is C16H32N2. The minimum Gasteiger partial charge on any atom is -0.314 e. The van der Waals surface area contributed by atoms with Gasteiger partial charge in [-0.1, -0.05) is 27.2 Å². The van der Waals surface area contributed by atoms with Gasteiger partial charge in [-0.3, -0.25) is 4.90 Å². The van der Waals surface area contributed by atoms with E-state index in [1.54, 1.807) is 0 Å². The highest BCUT2D eigenvalue weighted by Crippen LogP contribution is 2.45. The van der Waals surface area contributed by atoms with Crippen molar-refractivity contribution in [1.29, 1.82) is 0 Å². The minimum absolute atomic E-state index is 0.680. The van der Waals surface area contributed by atoms with E-state index < -0.39 is 0 Å². The summed E-state index contributed by atoms with van der Waals surface area (Å²) >= 11 is 0. The molecule has 2 rings (SSSR count). The molecule has 2 heteroatoms. The largest absolute Gasteiger partial charge is 0.314 e. The smallest absolute Gasteiger partial charge is 0.0120 e. The molecule has 1 heterocycles. The van der Waals surface area contributed by atoms with Gasteiger partial charge in [-0.15, -0.1) is 0 Å². The molecule has 0 spiro atoms. The highest BCUT2D eigenvalue weighted by molar-refractivity contribution is 4.94. The van der Waals surface area contributed by atoms with Crippen molar-refractivity contribution in [2.45, 2.75) is 71.9 Å². The highest BCUT2D eigenvalue weighted by Gasteiger charge is 2.40. The Labute approximate surface area is 114 Å². The van der Waals surface area contributed by atoms with E-state index in [1.807, 2.05) is 0 Å². The third-order valence-electron chi connectivity index (χ3n) is 5.87. The zero-order valence-electron chi connectivity index (χ0n) is 12.8. The van der Waals surface area contributed by atoms with Crippen LogP contribution in [0.3, 0.4) is 0 Å². The third-order valence-corrected chi connectivity index (χ3v) is 5.87. The zero-order valence-corrected chi connectivity index (χ0v) is 12.8. The Kier molecular flexibility index (Phi) is 4.71. The summed E-state index contributed by atoms with van der Waals surface area (Å²) in [6.45, 7) is 13.3. The van der Waals surface area contributed by atoms with Gasteiger partial charge >= 0.3 is 0 Å². The molecule has 1 saturated heterocycles. The SMILES string of the molecule is CCNC1CCN(CC2(CC)CCC2)C(C)C1C. The van der Waals surface area contributed by atoms with Gasteiger partial charge in [0.1, 0.15) is 0 Å². The predicted molar refractivity (Wildman–Crippen MR) is 78.9 cm³/mol. The van der Waals surface area contributed by atoms with Gasteiger partial charge in [0, 0.05) is 18.6 Å². The van der Waals surface area contributed by atoms with Crippen LogP contribution in [0.5, 0.6) is 0 Å². The van der Waals surface area contributed by atoms with Gasteiger partial charge < -0.3 is 5.32 Å². The van der Waals surface area contributed by atoms with Crippen molar-refractivity contribution in [1.82, 2.24) is 10.2 Å². The van der Waals surface area contributed by atoms with Gasteiger partial charge in [-0.05, 0) is 57.0 Å². The predicted octanol–water partition coefficient (Wildman–Crippen LogP) is 3.28. The average molecular weight is 252 g/mol. The Morgan fingerprint density at radius 3 is 2.44 bits per heavy atom. The Morgan fingerprint density at radius 1 is 1.22 bits per heavy atom. The molecule has 0 bridgehead atoms. The molecule has 3 unspecified atom stereocenters. The molecule has 0 aromatic heterocycles. The number of likely N-dealkylation sites (tertiary alicyclic amines) is 1. The Morgan fingerprint density at radius 2 is 1.94 bits per heavy atom. The van der Waals surface area contributed by atoms with Crippen LogP contribution in [-0.2, 0) is 0 Å². The van der Waals surface area contributed by atoms with Gasteiger partial charge in [0.05, 0.1) is 0 Å². The first-order valence-corrected chi connectivity index (χ1v) is 8.09. The van der Waals surface area contributed by atoms with Crippen LogP contribution in [0.2, 0.25) is 0 Å². The normalized spacial score (nSPS) is 36.3. The molecule has 106 valence electrons. The number of piperidine rings is 1. The van der Waals surface area contributed by atoms with Crippen molar-refractivity contribution in [2.24, 2.45) is 11.3 Å². The van der Waals surface area contributed by atoms with Crippen LogP contribution in [-0.4, -0.2) is 36.6 Å². The van der Waals surface area contributed by atoms with E-state index in [1.165, 1.54) is 45.2 Å². The summed E-state index contributed by atoms with van der Waals surface area (Å²) in [6.07, 6.45) is 7.11. The van der Waals surface area contributed by atoms with E-state index in [4.69, 9.17) is 0 Å². The first-order valence-electron chi connectivity index (χ1n) is 8.09. The molecule has 1 N–H and O–H groups in total. The second-order valence-corrected chi connectivity index (χ2v) is 6.73. The molecule has 0 amide bonds. The van der Waals surface area contributed by atoms with Gasteiger partial charge in [0.25, 0.3) is 0 Å². The maximum absolute atomic E-state index is 3.66. The fourth-order valence-electron chi connectivity index (χ4n) is 3.94. The van der Waals surface area contributed by atoms with Crippen molar-refractivity contribution in [3.8, 4) is 0 Å². The van der Waals surface area contributed by atoms with E-state index in [9.17, 15) is 0 Å². The second-order valence-electron chi connectivity index (χ2n) is 6.73. The molecule has 2 nitrogen and oxygen atoms in total. The van der Waals surface area contributed by atoms with Gasteiger partial charge in [-0.25, -0.2) is 0 Å². The van der Waals surface area contributed by atoms with Crippen molar-refractivity contribution in [3.63, 3.8) is 0 Å². The Bertz CT molecular complexity index is 254. The van der Waals surface area contributed by atoms with E-state index in [0.29, 0.717) is 5.41 Å². The van der Waals surface area contributed by atoms with Crippen LogP contribution in [0.1, 0.15) is 59.8 Å². The van der Waals surface area contributed by atoms with Crippen molar-refractivity contribution in [2.75, 3.05) is 19.6 Å². The second kappa shape index (κ2) is 5.92. The van der Waals surface area contributed by atoms with Gasteiger partial charge in [0.15, 0.2) is 0 Å². The topological polar surface area (TPSA) is 15.3 Å². The first kappa shape index (κ1) is 14.3. The molecule has 18 heavy (non-hydrogen) atoms. The first-order chi connectivity index (χ1) is 8.62. The van der Waals surface area contributed by atoms with Crippen LogP contribution in [0.4, 0.5) is 0 Å². The fraction of sp³-hybridized carbons (Fsp3) is 1.00. The van der Waals surface area contributed by atoms with E-state index >= 15 is 0 Å². The standard InChI is InChI=1S/C16H32N2/c1-5-16(9-7-10-16)12-18-11-8-15(17-6-2)13(3)14(18)4/h13-15,17H,5-12H2,1-4H3. The van der Waals surface area contributed by atoms with Crippen LogP contribution in [0, 0.1) is 11.3 Å². The minimum atomic E-state index is 0.680. The third kappa shape index (κ3) is 2.75. The molecule has 1 aliphatic heterocycles. The van der Waals surface area contributed by atoms with E-state index in [-0.39, 0.29) is 0 Å². The van der Waals surface area contributed by atoms with Crippen LogP contribution in [0.15, 0.2) is 0 Å². The monoisotopic (exact) mass is 252 g/mol. The number of nitrogens with one attached hydrogen (secondary N) is 1. The van der Waals surface area contributed by atoms with Crippen molar-refractivity contribution < 1.29 is 0 Å². The number of hydrogen-bond donors (Lipinski definition) is 1. The molecule has 0 radical (unpaired) electrons. The summed E-state index contributed by atoms with van der Waals surface area (Å²) < 4.78 is 0. The number of hydrogen-bond acceptors (Lipinski definition) is 2.